The van der Waals surface area contributed by atoms with E-state index in [1.54, 1.807) is 12.1 Å². The lowest BCUT2D eigenvalue weighted by Crippen LogP contribution is -2.24. The quantitative estimate of drug-likeness (QED) is 0.895. The van der Waals surface area contributed by atoms with Gasteiger partial charge in [0.25, 0.3) is 0 Å². The van der Waals surface area contributed by atoms with Crippen LogP contribution in [-0.4, -0.2) is 22.6 Å². The SMILES string of the molecule is CCCNC(=O)c1nnc(Cc2ccc(F)cc2)o1. The molecule has 1 N–H and O–H groups in total. The van der Waals surface area contributed by atoms with E-state index in [0.29, 0.717) is 18.9 Å². The fourth-order valence-electron chi connectivity index (χ4n) is 1.51. The van der Waals surface area contributed by atoms with E-state index in [1.165, 1.54) is 12.1 Å². The molecule has 0 fully saturated rings. The molecule has 2 aromatic rings. The highest BCUT2D eigenvalue weighted by molar-refractivity contribution is 5.89. The lowest BCUT2D eigenvalue weighted by molar-refractivity contribution is 0.0917. The molecule has 0 saturated carbocycles. The molecule has 0 saturated heterocycles. The van der Waals surface area contributed by atoms with Crippen molar-refractivity contribution < 1.29 is 13.6 Å². The first kappa shape index (κ1) is 13.2. The maximum absolute atomic E-state index is 12.7. The van der Waals surface area contributed by atoms with E-state index in [9.17, 15) is 9.18 Å². The van der Waals surface area contributed by atoms with Crippen LogP contribution in [-0.2, 0) is 6.42 Å². The highest BCUT2D eigenvalue weighted by Crippen LogP contribution is 2.09. The van der Waals surface area contributed by atoms with Gasteiger partial charge in [0.1, 0.15) is 5.82 Å². The average Bonchev–Trinajstić information content (AvgIpc) is 2.87. The number of halogens is 1. The molecule has 1 amide bonds. The van der Waals surface area contributed by atoms with Crippen LogP contribution in [0, 0.1) is 5.82 Å². The predicted octanol–water partition coefficient (Wildman–Crippen LogP) is 1.94. The molecule has 0 unspecified atom stereocenters. The van der Waals surface area contributed by atoms with Gasteiger partial charge in [-0.05, 0) is 24.1 Å². The van der Waals surface area contributed by atoms with Gasteiger partial charge in [-0.1, -0.05) is 19.1 Å². The van der Waals surface area contributed by atoms with E-state index in [-0.39, 0.29) is 17.6 Å². The smallest absolute Gasteiger partial charge is 0.308 e. The Balaban J connectivity index is 2.01. The second-order valence-corrected chi connectivity index (χ2v) is 4.06. The maximum Gasteiger partial charge on any atom is 0.308 e. The normalized spacial score (nSPS) is 10.4. The summed E-state index contributed by atoms with van der Waals surface area (Å²) >= 11 is 0. The Morgan fingerprint density at radius 1 is 1.32 bits per heavy atom. The van der Waals surface area contributed by atoms with Crippen LogP contribution in [0.15, 0.2) is 28.7 Å². The molecule has 0 radical (unpaired) electrons. The summed E-state index contributed by atoms with van der Waals surface area (Å²) in [5, 5.41) is 10.1. The minimum Gasteiger partial charge on any atom is -0.417 e. The molecule has 0 aliphatic heterocycles. The fraction of sp³-hybridized carbons (Fsp3) is 0.308. The van der Waals surface area contributed by atoms with Crippen LogP contribution in [0.5, 0.6) is 0 Å². The maximum atomic E-state index is 12.7. The molecule has 19 heavy (non-hydrogen) atoms. The Labute approximate surface area is 109 Å². The Kier molecular flexibility index (Phi) is 4.22. The molecule has 5 nitrogen and oxygen atoms in total. The van der Waals surface area contributed by atoms with Gasteiger partial charge in [-0.3, -0.25) is 4.79 Å². The van der Waals surface area contributed by atoms with Crippen molar-refractivity contribution in [3.8, 4) is 0 Å². The number of nitrogens with one attached hydrogen (secondary N) is 1. The molecule has 0 atom stereocenters. The lowest BCUT2D eigenvalue weighted by atomic mass is 10.1. The molecule has 1 aromatic carbocycles. The monoisotopic (exact) mass is 263 g/mol. The highest BCUT2D eigenvalue weighted by Gasteiger charge is 2.14. The first-order valence-corrected chi connectivity index (χ1v) is 6.04. The summed E-state index contributed by atoms with van der Waals surface area (Å²) in [5.41, 5.74) is 0.838. The summed E-state index contributed by atoms with van der Waals surface area (Å²) in [5.74, 6) is -0.396. The van der Waals surface area contributed by atoms with Gasteiger partial charge in [0.05, 0.1) is 6.42 Å². The number of carbonyl (C=O) groups excluding carboxylic acids is 1. The van der Waals surface area contributed by atoms with Crippen LogP contribution in [0.3, 0.4) is 0 Å². The van der Waals surface area contributed by atoms with Crippen LogP contribution in [0.25, 0.3) is 0 Å². The minimum absolute atomic E-state index is 0.0504. The Hall–Kier alpha value is -2.24. The standard InChI is InChI=1S/C13H14FN3O2/c1-2-7-15-12(18)13-17-16-11(19-13)8-9-3-5-10(14)6-4-9/h3-6H,2,7-8H2,1H3,(H,15,18). The van der Waals surface area contributed by atoms with Gasteiger partial charge < -0.3 is 9.73 Å². The third-order valence-corrected chi connectivity index (χ3v) is 2.47. The van der Waals surface area contributed by atoms with E-state index in [1.807, 2.05) is 6.92 Å². The third-order valence-electron chi connectivity index (χ3n) is 2.47. The number of benzene rings is 1. The topological polar surface area (TPSA) is 68.0 Å². The van der Waals surface area contributed by atoms with E-state index in [2.05, 4.69) is 15.5 Å². The summed E-state index contributed by atoms with van der Waals surface area (Å²) < 4.78 is 18.0. The van der Waals surface area contributed by atoms with Crippen LogP contribution >= 0.6 is 0 Å². The molecule has 1 heterocycles. The zero-order chi connectivity index (χ0) is 13.7. The van der Waals surface area contributed by atoms with Gasteiger partial charge in [-0.2, -0.15) is 0 Å². The van der Waals surface area contributed by atoms with Crippen LogP contribution < -0.4 is 5.32 Å². The third kappa shape index (κ3) is 3.61. The minimum atomic E-state index is -0.375. The summed E-state index contributed by atoms with van der Waals surface area (Å²) in [4.78, 5) is 11.6. The molecular formula is C13H14FN3O2. The van der Waals surface area contributed by atoms with Gasteiger partial charge in [-0.15, -0.1) is 10.2 Å². The van der Waals surface area contributed by atoms with Crippen molar-refractivity contribution in [2.45, 2.75) is 19.8 Å². The fourth-order valence-corrected chi connectivity index (χ4v) is 1.51. The van der Waals surface area contributed by atoms with Crippen molar-refractivity contribution in [3.63, 3.8) is 0 Å². The van der Waals surface area contributed by atoms with Gasteiger partial charge in [0.2, 0.25) is 5.89 Å². The largest absolute Gasteiger partial charge is 0.417 e. The van der Waals surface area contributed by atoms with Gasteiger partial charge >= 0.3 is 11.8 Å². The Morgan fingerprint density at radius 2 is 2.05 bits per heavy atom. The van der Waals surface area contributed by atoms with Crippen molar-refractivity contribution >= 4 is 5.91 Å². The summed E-state index contributed by atoms with van der Waals surface area (Å²) in [6, 6.07) is 5.99. The Morgan fingerprint density at radius 3 is 2.74 bits per heavy atom. The predicted molar refractivity (Wildman–Crippen MR) is 66.1 cm³/mol. The highest BCUT2D eigenvalue weighted by atomic mass is 19.1. The second kappa shape index (κ2) is 6.08. The summed E-state index contributed by atoms with van der Waals surface area (Å²) in [6.07, 6.45) is 1.21. The van der Waals surface area contributed by atoms with Gasteiger partial charge in [0.15, 0.2) is 0 Å². The van der Waals surface area contributed by atoms with Crippen molar-refractivity contribution in [1.29, 1.82) is 0 Å². The zero-order valence-corrected chi connectivity index (χ0v) is 10.5. The number of carbonyl (C=O) groups is 1. The molecule has 0 aliphatic carbocycles. The summed E-state index contributed by atoms with van der Waals surface area (Å²) in [6.45, 7) is 2.52. The van der Waals surface area contributed by atoms with Crippen molar-refractivity contribution in [1.82, 2.24) is 15.5 Å². The number of rotatable bonds is 5. The number of hydrogen-bond acceptors (Lipinski definition) is 4. The molecule has 2 rings (SSSR count). The molecule has 100 valence electrons. The van der Waals surface area contributed by atoms with Gasteiger partial charge in [0, 0.05) is 6.54 Å². The van der Waals surface area contributed by atoms with E-state index in [0.717, 1.165) is 12.0 Å². The van der Waals surface area contributed by atoms with Gasteiger partial charge in [-0.25, -0.2) is 4.39 Å². The summed E-state index contributed by atoms with van der Waals surface area (Å²) in [7, 11) is 0. The number of nitrogens with zero attached hydrogens (tertiary/aromatic N) is 2. The first-order chi connectivity index (χ1) is 9.19. The molecule has 0 bridgehead atoms. The zero-order valence-electron chi connectivity index (χ0n) is 10.5. The average molecular weight is 263 g/mol. The van der Waals surface area contributed by atoms with Crippen LogP contribution in [0.2, 0.25) is 0 Å². The van der Waals surface area contributed by atoms with Crippen LogP contribution in [0.1, 0.15) is 35.5 Å². The molecule has 6 heteroatoms. The van der Waals surface area contributed by atoms with Crippen molar-refractivity contribution in [2.75, 3.05) is 6.54 Å². The molecular weight excluding hydrogens is 249 g/mol. The second-order valence-electron chi connectivity index (χ2n) is 4.06. The van der Waals surface area contributed by atoms with E-state index < -0.39 is 0 Å². The van der Waals surface area contributed by atoms with Crippen LogP contribution in [0.4, 0.5) is 4.39 Å². The van der Waals surface area contributed by atoms with E-state index >= 15 is 0 Å². The molecule has 0 aliphatic rings. The first-order valence-electron chi connectivity index (χ1n) is 6.04. The number of aromatic nitrogens is 2. The van der Waals surface area contributed by atoms with E-state index in [4.69, 9.17) is 4.42 Å². The number of hydrogen-bond donors (Lipinski definition) is 1. The number of amides is 1. The Bertz CT molecular complexity index is 551. The molecule has 1 aromatic heterocycles. The van der Waals surface area contributed by atoms with Crippen molar-refractivity contribution in [2.24, 2.45) is 0 Å². The lowest BCUT2D eigenvalue weighted by Gasteiger charge is -1.98. The van der Waals surface area contributed by atoms with Crippen molar-refractivity contribution in [3.05, 3.63) is 47.4 Å². The molecule has 0 spiro atoms.